The lowest BCUT2D eigenvalue weighted by molar-refractivity contribution is -0.147. The average Bonchev–Trinajstić information content (AvgIpc) is 3.06. The Balaban J connectivity index is 1.85. The van der Waals surface area contributed by atoms with Gasteiger partial charge in [0.2, 0.25) is 0 Å². The number of hydrogen-bond donors (Lipinski definition) is 1. The van der Waals surface area contributed by atoms with Crippen LogP contribution in [-0.4, -0.2) is 36.4 Å². The van der Waals surface area contributed by atoms with Gasteiger partial charge < -0.3 is 10.1 Å². The number of urea groups is 1. The number of alkyl halides is 3. The van der Waals surface area contributed by atoms with Gasteiger partial charge in [0.05, 0.1) is 24.9 Å². The molecule has 158 valence electrons. The van der Waals surface area contributed by atoms with Crippen molar-refractivity contribution in [1.29, 1.82) is 0 Å². The zero-order chi connectivity index (χ0) is 22.1. The summed E-state index contributed by atoms with van der Waals surface area (Å²) in [6.07, 6.45) is -4.47. The van der Waals surface area contributed by atoms with Crippen LogP contribution in [0.3, 0.4) is 0 Å². The lowest BCUT2D eigenvalue weighted by Gasteiger charge is -2.23. The molecule has 1 atom stereocenters. The molecular formula is C20H17ClF3N3O3. The van der Waals surface area contributed by atoms with Crippen LogP contribution in [0, 0.1) is 5.41 Å². The Morgan fingerprint density at radius 2 is 1.73 bits per heavy atom. The Hall–Kier alpha value is -3.07. The predicted octanol–water partition coefficient (Wildman–Crippen LogP) is 4.79. The highest BCUT2D eigenvalue weighted by Crippen LogP contribution is 2.34. The minimum Gasteiger partial charge on any atom is -0.468 e. The highest BCUT2D eigenvalue weighted by atomic mass is 35.5. The fourth-order valence-corrected chi connectivity index (χ4v) is 3.19. The van der Waals surface area contributed by atoms with E-state index in [-0.39, 0.29) is 12.2 Å². The lowest BCUT2D eigenvalue weighted by Crippen LogP contribution is -2.42. The molecule has 0 fully saturated rings. The number of esters is 1. The normalized spacial score (nSPS) is 18.7. The molecule has 6 nitrogen and oxygen atoms in total. The van der Waals surface area contributed by atoms with Crippen LogP contribution in [0.15, 0.2) is 53.6 Å². The molecule has 0 saturated carbocycles. The van der Waals surface area contributed by atoms with Crippen LogP contribution in [0.1, 0.15) is 18.1 Å². The maximum atomic E-state index is 12.7. The molecule has 0 bridgehead atoms. The van der Waals surface area contributed by atoms with E-state index in [0.717, 1.165) is 29.3 Å². The summed E-state index contributed by atoms with van der Waals surface area (Å²) in [6, 6.07) is 9.89. The molecule has 2 aromatic carbocycles. The Kier molecular flexibility index (Phi) is 5.76. The van der Waals surface area contributed by atoms with Crippen LogP contribution in [0.2, 0.25) is 5.02 Å². The third kappa shape index (κ3) is 4.25. The molecular weight excluding hydrogens is 423 g/mol. The van der Waals surface area contributed by atoms with Crippen molar-refractivity contribution in [3.63, 3.8) is 0 Å². The number of carbonyl (C=O) groups is 2. The van der Waals surface area contributed by atoms with Crippen molar-refractivity contribution in [3.8, 4) is 0 Å². The van der Waals surface area contributed by atoms with Gasteiger partial charge in [0, 0.05) is 10.7 Å². The molecule has 30 heavy (non-hydrogen) atoms. The molecule has 0 saturated heterocycles. The summed E-state index contributed by atoms with van der Waals surface area (Å²) < 4.78 is 43.0. The number of rotatable bonds is 3. The summed E-state index contributed by atoms with van der Waals surface area (Å²) in [5, 5.41) is 8.29. The minimum atomic E-state index is -4.47. The molecule has 2 amide bonds. The molecule has 1 N–H and O–H groups in total. The first-order valence-electron chi connectivity index (χ1n) is 8.74. The summed E-state index contributed by atoms with van der Waals surface area (Å²) in [6.45, 7) is 1.49. The minimum absolute atomic E-state index is 0.107. The van der Waals surface area contributed by atoms with Crippen LogP contribution in [0.25, 0.3) is 0 Å². The Morgan fingerprint density at radius 1 is 1.13 bits per heavy atom. The van der Waals surface area contributed by atoms with Gasteiger partial charge in [-0.05, 0) is 48.9 Å². The largest absolute Gasteiger partial charge is 0.468 e. The quantitative estimate of drug-likeness (QED) is 0.699. The van der Waals surface area contributed by atoms with Gasteiger partial charge in [0.15, 0.2) is 0 Å². The maximum Gasteiger partial charge on any atom is 0.416 e. The van der Waals surface area contributed by atoms with Gasteiger partial charge in [0.25, 0.3) is 0 Å². The van der Waals surface area contributed by atoms with Crippen LogP contribution in [0.5, 0.6) is 0 Å². The monoisotopic (exact) mass is 439 g/mol. The van der Waals surface area contributed by atoms with Gasteiger partial charge >= 0.3 is 18.2 Å². The Labute approximate surface area is 175 Å². The number of ether oxygens (including phenoxy) is 1. The Bertz CT molecular complexity index is 991. The van der Waals surface area contributed by atoms with Crippen molar-refractivity contribution in [3.05, 3.63) is 64.7 Å². The van der Waals surface area contributed by atoms with Crippen molar-refractivity contribution in [2.24, 2.45) is 10.5 Å². The summed E-state index contributed by atoms with van der Waals surface area (Å²) in [5.41, 5.74) is -1.02. The Morgan fingerprint density at radius 3 is 2.27 bits per heavy atom. The van der Waals surface area contributed by atoms with Crippen LogP contribution in [-0.2, 0) is 15.7 Å². The van der Waals surface area contributed by atoms with E-state index in [1.54, 1.807) is 31.2 Å². The average molecular weight is 440 g/mol. The van der Waals surface area contributed by atoms with Crippen molar-refractivity contribution in [2.45, 2.75) is 13.1 Å². The molecule has 1 aliphatic heterocycles. The first-order valence-corrected chi connectivity index (χ1v) is 9.11. The molecule has 1 aliphatic rings. The van der Waals surface area contributed by atoms with E-state index in [1.807, 2.05) is 0 Å². The topological polar surface area (TPSA) is 71.0 Å². The van der Waals surface area contributed by atoms with Gasteiger partial charge in [-0.2, -0.15) is 18.3 Å². The summed E-state index contributed by atoms with van der Waals surface area (Å²) in [7, 11) is 1.23. The smallest absolute Gasteiger partial charge is 0.416 e. The van der Waals surface area contributed by atoms with E-state index in [9.17, 15) is 22.8 Å². The highest BCUT2D eigenvalue weighted by molar-refractivity contribution is 6.30. The lowest BCUT2D eigenvalue weighted by atomic mass is 9.82. The number of halogens is 4. The van der Waals surface area contributed by atoms with Gasteiger partial charge in [-0.25, -0.2) is 9.80 Å². The molecule has 0 radical (unpaired) electrons. The van der Waals surface area contributed by atoms with E-state index in [0.29, 0.717) is 16.3 Å². The van der Waals surface area contributed by atoms with E-state index in [4.69, 9.17) is 16.3 Å². The standard InChI is InChI=1S/C20H17ClF3N3O3/c1-19(17(28)30-2)11-27(26-16(19)12-3-7-14(21)8-4-12)18(29)25-15-9-5-13(6-10-15)20(22,23)24/h3-10H,11H2,1-2H3,(H,25,29). The second-order valence-corrected chi connectivity index (χ2v) is 7.28. The van der Waals surface area contributed by atoms with Crippen LogP contribution in [0.4, 0.5) is 23.7 Å². The van der Waals surface area contributed by atoms with E-state index < -0.39 is 29.2 Å². The third-order valence-electron chi connectivity index (χ3n) is 4.66. The molecule has 1 heterocycles. The number of amides is 2. The van der Waals surface area contributed by atoms with Crippen LogP contribution < -0.4 is 5.32 Å². The number of nitrogens with one attached hydrogen (secondary N) is 1. The zero-order valence-electron chi connectivity index (χ0n) is 16.0. The van der Waals surface area contributed by atoms with Crippen molar-refractivity contribution in [1.82, 2.24) is 5.01 Å². The number of methoxy groups -OCH3 is 1. The second-order valence-electron chi connectivity index (χ2n) is 6.84. The molecule has 0 aromatic heterocycles. The first-order chi connectivity index (χ1) is 14.0. The SMILES string of the molecule is COC(=O)C1(C)CN(C(=O)Nc2ccc(C(F)(F)F)cc2)N=C1c1ccc(Cl)cc1. The molecule has 0 aliphatic carbocycles. The third-order valence-corrected chi connectivity index (χ3v) is 4.91. The molecule has 2 aromatic rings. The fraction of sp³-hybridized carbons (Fsp3) is 0.250. The second kappa shape index (κ2) is 7.98. The van der Waals surface area contributed by atoms with Crippen molar-refractivity contribution < 1.29 is 27.5 Å². The molecule has 3 rings (SSSR count). The maximum absolute atomic E-state index is 12.7. The molecule has 0 spiro atoms. The van der Waals surface area contributed by atoms with Crippen LogP contribution >= 0.6 is 11.6 Å². The summed E-state index contributed by atoms with van der Waals surface area (Å²) in [5.74, 6) is -0.582. The van der Waals surface area contributed by atoms with Crippen molar-refractivity contribution in [2.75, 3.05) is 19.0 Å². The van der Waals surface area contributed by atoms with E-state index >= 15 is 0 Å². The first kappa shape index (κ1) is 21.6. The number of carbonyl (C=O) groups excluding carboxylic acids is 2. The number of hydrazone groups is 1. The number of benzene rings is 2. The predicted molar refractivity (Wildman–Crippen MR) is 105 cm³/mol. The van der Waals surface area contributed by atoms with E-state index in [2.05, 4.69) is 10.4 Å². The number of hydrogen-bond acceptors (Lipinski definition) is 4. The number of anilines is 1. The highest BCUT2D eigenvalue weighted by Gasteiger charge is 2.48. The van der Waals surface area contributed by atoms with Gasteiger partial charge in [-0.1, -0.05) is 23.7 Å². The molecule has 1 unspecified atom stereocenters. The van der Waals surface area contributed by atoms with Gasteiger partial charge in [-0.15, -0.1) is 0 Å². The van der Waals surface area contributed by atoms with Gasteiger partial charge in [-0.3, -0.25) is 4.79 Å². The number of nitrogens with zero attached hydrogens (tertiary/aromatic N) is 2. The van der Waals surface area contributed by atoms with Crippen molar-refractivity contribution >= 4 is 35.0 Å². The fourth-order valence-electron chi connectivity index (χ4n) is 3.06. The summed E-state index contributed by atoms with van der Waals surface area (Å²) in [4.78, 5) is 25.1. The zero-order valence-corrected chi connectivity index (χ0v) is 16.7. The van der Waals surface area contributed by atoms with Gasteiger partial charge in [0.1, 0.15) is 5.41 Å². The van der Waals surface area contributed by atoms with E-state index in [1.165, 1.54) is 7.11 Å². The summed E-state index contributed by atoms with van der Waals surface area (Å²) >= 11 is 5.91. The molecule has 10 heteroatoms.